The number of piperidine rings is 1. The van der Waals surface area contributed by atoms with Crippen LogP contribution in [0, 0.1) is 5.92 Å². The number of carbonyl (C=O) groups excluding carboxylic acids is 1. The van der Waals surface area contributed by atoms with Crippen molar-refractivity contribution in [1.82, 2.24) is 4.90 Å². The van der Waals surface area contributed by atoms with Crippen LogP contribution in [0.1, 0.15) is 31.2 Å². The van der Waals surface area contributed by atoms with E-state index in [-0.39, 0.29) is 5.91 Å². The first-order valence-corrected chi connectivity index (χ1v) is 7.26. The molecule has 2 atom stereocenters. The monoisotopic (exact) mass is 255 g/mol. The third kappa shape index (κ3) is 2.44. The summed E-state index contributed by atoms with van der Waals surface area (Å²) >= 11 is 0. The fourth-order valence-electron chi connectivity index (χ4n) is 3.87. The molecule has 0 spiro atoms. The van der Waals surface area contributed by atoms with E-state index in [0.29, 0.717) is 12.1 Å². The Morgan fingerprint density at radius 3 is 2.42 bits per heavy atom. The standard InChI is InChI=1S/C17H21NO/c1-2-17(19)18-15-8-9-16(18)12-14(11-15)10-13-6-4-3-5-7-13/h2-7,14-16H,1,8-12H2. The smallest absolute Gasteiger partial charge is 0.246 e. The van der Waals surface area contributed by atoms with Crippen molar-refractivity contribution in [2.75, 3.05) is 0 Å². The summed E-state index contributed by atoms with van der Waals surface area (Å²) in [5.41, 5.74) is 1.43. The van der Waals surface area contributed by atoms with E-state index in [1.807, 2.05) is 0 Å². The average Bonchev–Trinajstić information content (AvgIpc) is 2.71. The topological polar surface area (TPSA) is 20.3 Å². The van der Waals surface area contributed by atoms with Crippen LogP contribution in [-0.4, -0.2) is 22.9 Å². The lowest BCUT2D eigenvalue weighted by Gasteiger charge is -2.38. The molecule has 0 saturated carbocycles. The number of benzene rings is 1. The van der Waals surface area contributed by atoms with Crippen LogP contribution in [0.25, 0.3) is 0 Å². The molecule has 2 aliphatic rings. The molecule has 3 rings (SSSR count). The molecule has 2 aliphatic heterocycles. The molecule has 1 amide bonds. The van der Waals surface area contributed by atoms with Crippen molar-refractivity contribution in [2.45, 2.75) is 44.2 Å². The number of hydrogen-bond donors (Lipinski definition) is 0. The average molecular weight is 255 g/mol. The molecule has 2 unspecified atom stereocenters. The van der Waals surface area contributed by atoms with Gasteiger partial charge in [0, 0.05) is 12.1 Å². The van der Waals surface area contributed by atoms with Crippen molar-refractivity contribution >= 4 is 5.91 Å². The fraction of sp³-hybridized carbons (Fsp3) is 0.471. The molecule has 2 nitrogen and oxygen atoms in total. The van der Waals surface area contributed by atoms with E-state index in [4.69, 9.17) is 0 Å². The van der Waals surface area contributed by atoms with Gasteiger partial charge >= 0.3 is 0 Å². The zero-order valence-electron chi connectivity index (χ0n) is 11.3. The highest BCUT2D eigenvalue weighted by Gasteiger charge is 2.42. The van der Waals surface area contributed by atoms with Crippen molar-refractivity contribution < 1.29 is 4.79 Å². The SMILES string of the molecule is C=CC(=O)N1C2CCC1CC(Cc1ccccc1)C2. The molecule has 19 heavy (non-hydrogen) atoms. The number of nitrogens with zero attached hydrogens (tertiary/aromatic N) is 1. The summed E-state index contributed by atoms with van der Waals surface area (Å²) in [5, 5.41) is 0. The van der Waals surface area contributed by atoms with Crippen LogP contribution in [0.4, 0.5) is 0 Å². The van der Waals surface area contributed by atoms with E-state index in [2.05, 4.69) is 41.8 Å². The molecule has 2 bridgehead atoms. The van der Waals surface area contributed by atoms with Crippen LogP contribution in [0.5, 0.6) is 0 Å². The molecule has 0 aromatic heterocycles. The maximum atomic E-state index is 11.9. The van der Waals surface area contributed by atoms with Gasteiger partial charge in [-0.25, -0.2) is 0 Å². The minimum Gasteiger partial charge on any atom is -0.333 e. The Morgan fingerprint density at radius 2 is 1.84 bits per heavy atom. The molecule has 2 heterocycles. The Hall–Kier alpha value is -1.57. The van der Waals surface area contributed by atoms with Crippen molar-refractivity contribution in [3.05, 3.63) is 48.6 Å². The number of carbonyl (C=O) groups is 1. The molecule has 0 radical (unpaired) electrons. The minimum atomic E-state index is 0.130. The second-order valence-electron chi connectivity index (χ2n) is 5.86. The van der Waals surface area contributed by atoms with Crippen molar-refractivity contribution in [1.29, 1.82) is 0 Å². The molecular formula is C17H21NO. The predicted octanol–water partition coefficient (Wildman–Crippen LogP) is 3.18. The molecule has 1 aromatic carbocycles. The van der Waals surface area contributed by atoms with E-state index >= 15 is 0 Å². The van der Waals surface area contributed by atoms with Gasteiger partial charge in [0.1, 0.15) is 0 Å². The molecule has 2 fully saturated rings. The zero-order chi connectivity index (χ0) is 13.2. The summed E-state index contributed by atoms with van der Waals surface area (Å²) in [6.07, 6.45) is 7.30. The van der Waals surface area contributed by atoms with Gasteiger partial charge in [-0.15, -0.1) is 0 Å². The molecular weight excluding hydrogens is 234 g/mol. The summed E-state index contributed by atoms with van der Waals surface area (Å²) in [4.78, 5) is 14.0. The number of hydrogen-bond acceptors (Lipinski definition) is 1. The lowest BCUT2D eigenvalue weighted by molar-refractivity contribution is -0.130. The van der Waals surface area contributed by atoms with Crippen LogP contribution in [0.15, 0.2) is 43.0 Å². The summed E-state index contributed by atoms with van der Waals surface area (Å²) in [5.74, 6) is 0.861. The molecule has 2 saturated heterocycles. The van der Waals surface area contributed by atoms with E-state index < -0.39 is 0 Å². The Bertz CT molecular complexity index is 453. The van der Waals surface area contributed by atoms with Crippen LogP contribution in [0.3, 0.4) is 0 Å². The van der Waals surface area contributed by atoms with Gasteiger partial charge in [0.25, 0.3) is 0 Å². The number of amides is 1. The first kappa shape index (κ1) is 12.5. The van der Waals surface area contributed by atoms with Crippen molar-refractivity contribution in [2.24, 2.45) is 5.92 Å². The largest absolute Gasteiger partial charge is 0.333 e. The second kappa shape index (κ2) is 5.20. The van der Waals surface area contributed by atoms with Crippen LogP contribution < -0.4 is 0 Å². The first-order valence-electron chi connectivity index (χ1n) is 7.26. The van der Waals surface area contributed by atoms with E-state index in [9.17, 15) is 4.79 Å². The number of fused-ring (bicyclic) bond motifs is 2. The molecule has 1 aromatic rings. The Morgan fingerprint density at radius 1 is 1.21 bits per heavy atom. The highest BCUT2D eigenvalue weighted by atomic mass is 16.2. The van der Waals surface area contributed by atoms with Crippen LogP contribution in [-0.2, 0) is 11.2 Å². The van der Waals surface area contributed by atoms with E-state index in [1.165, 1.54) is 24.5 Å². The zero-order valence-corrected chi connectivity index (χ0v) is 11.3. The third-order valence-corrected chi connectivity index (χ3v) is 4.63. The normalized spacial score (nSPS) is 29.3. The van der Waals surface area contributed by atoms with Crippen molar-refractivity contribution in [3.8, 4) is 0 Å². The lowest BCUT2D eigenvalue weighted by atomic mass is 9.86. The Balaban J connectivity index is 1.67. The van der Waals surface area contributed by atoms with E-state index in [1.54, 1.807) is 0 Å². The second-order valence-corrected chi connectivity index (χ2v) is 5.86. The maximum absolute atomic E-state index is 11.9. The van der Waals surface area contributed by atoms with Gasteiger partial charge in [0.05, 0.1) is 0 Å². The highest BCUT2D eigenvalue weighted by molar-refractivity contribution is 5.87. The minimum absolute atomic E-state index is 0.130. The summed E-state index contributed by atoms with van der Waals surface area (Å²) in [6.45, 7) is 3.63. The van der Waals surface area contributed by atoms with Gasteiger partial charge in [-0.05, 0) is 49.7 Å². The predicted molar refractivity (Wildman–Crippen MR) is 76.7 cm³/mol. The Labute approximate surface area is 115 Å². The summed E-state index contributed by atoms with van der Waals surface area (Å²) in [7, 11) is 0. The van der Waals surface area contributed by atoms with Crippen LogP contribution in [0.2, 0.25) is 0 Å². The fourth-order valence-corrected chi connectivity index (χ4v) is 3.87. The summed E-state index contributed by atoms with van der Waals surface area (Å²) in [6, 6.07) is 11.6. The van der Waals surface area contributed by atoms with Crippen molar-refractivity contribution in [3.63, 3.8) is 0 Å². The van der Waals surface area contributed by atoms with Gasteiger partial charge in [-0.1, -0.05) is 36.9 Å². The lowest BCUT2D eigenvalue weighted by Crippen LogP contribution is -2.46. The van der Waals surface area contributed by atoms with Gasteiger partial charge in [0.15, 0.2) is 0 Å². The molecule has 2 heteroatoms. The number of rotatable bonds is 3. The van der Waals surface area contributed by atoms with E-state index in [0.717, 1.165) is 25.2 Å². The quantitative estimate of drug-likeness (QED) is 0.760. The summed E-state index contributed by atoms with van der Waals surface area (Å²) < 4.78 is 0. The van der Waals surface area contributed by atoms with Gasteiger partial charge in [-0.3, -0.25) is 4.79 Å². The van der Waals surface area contributed by atoms with Gasteiger partial charge < -0.3 is 4.90 Å². The third-order valence-electron chi connectivity index (χ3n) is 4.63. The van der Waals surface area contributed by atoms with Crippen LogP contribution >= 0.6 is 0 Å². The molecule has 100 valence electrons. The molecule has 0 aliphatic carbocycles. The maximum Gasteiger partial charge on any atom is 0.246 e. The van der Waals surface area contributed by atoms with Gasteiger partial charge in [-0.2, -0.15) is 0 Å². The first-order chi connectivity index (χ1) is 9.28. The molecule has 0 N–H and O–H groups in total. The highest BCUT2D eigenvalue weighted by Crippen LogP contribution is 2.39. The van der Waals surface area contributed by atoms with Gasteiger partial charge in [0.2, 0.25) is 5.91 Å². The Kier molecular flexibility index (Phi) is 3.41.